The Morgan fingerprint density at radius 1 is 0.952 bits per heavy atom. The molecule has 0 spiro atoms. The highest BCUT2D eigenvalue weighted by Gasteiger charge is 2.17. The number of benzene rings is 2. The average molecular weight is 278 g/mol. The number of hydrogen-bond acceptors (Lipinski definition) is 1. The monoisotopic (exact) mass is 278 g/mol. The molecule has 0 aliphatic rings. The van der Waals surface area contributed by atoms with E-state index in [0.29, 0.717) is 0 Å². The van der Waals surface area contributed by atoms with E-state index in [-0.39, 0.29) is 5.41 Å². The zero-order valence-corrected chi connectivity index (χ0v) is 13.2. The summed E-state index contributed by atoms with van der Waals surface area (Å²) in [6.45, 7) is 6.44. The molecule has 2 rings (SSSR count). The van der Waals surface area contributed by atoms with E-state index in [9.17, 15) is 0 Å². The lowest BCUT2D eigenvalue weighted by atomic mass is 9.85. The van der Waals surface area contributed by atoms with Crippen LogP contribution >= 0.6 is 0 Å². The molecule has 0 bridgehead atoms. The fourth-order valence-electron chi connectivity index (χ4n) is 2.13. The summed E-state index contributed by atoms with van der Waals surface area (Å²) >= 11 is 0. The molecule has 0 atom stereocenters. The van der Waals surface area contributed by atoms with Crippen molar-refractivity contribution in [1.29, 1.82) is 0 Å². The quantitative estimate of drug-likeness (QED) is 0.746. The topological polar surface area (TPSA) is 9.23 Å². The minimum Gasteiger partial charge on any atom is -0.497 e. The Hall–Kier alpha value is -2.20. The number of hydrogen-bond donors (Lipinski definition) is 0. The smallest absolute Gasteiger partial charge is 0.118 e. The molecular formula is C20H22O. The highest BCUT2D eigenvalue weighted by atomic mass is 16.5. The van der Waals surface area contributed by atoms with Crippen LogP contribution < -0.4 is 4.74 Å². The van der Waals surface area contributed by atoms with Gasteiger partial charge in [-0.05, 0) is 55.7 Å². The zero-order valence-electron chi connectivity index (χ0n) is 13.2. The zero-order chi connectivity index (χ0) is 15.3. The van der Waals surface area contributed by atoms with Gasteiger partial charge in [0.05, 0.1) is 12.5 Å². The second-order valence-corrected chi connectivity index (χ2v) is 5.65. The molecule has 0 aromatic heterocycles. The second kappa shape index (κ2) is 6.50. The van der Waals surface area contributed by atoms with Gasteiger partial charge in [0.1, 0.15) is 5.75 Å². The van der Waals surface area contributed by atoms with E-state index in [1.54, 1.807) is 7.11 Å². The van der Waals surface area contributed by atoms with E-state index in [2.05, 4.69) is 69.0 Å². The molecule has 0 fully saturated rings. The first-order valence-corrected chi connectivity index (χ1v) is 7.32. The summed E-state index contributed by atoms with van der Waals surface area (Å²) in [6.07, 6.45) is 1.06. The molecule has 0 radical (unpaired) electrons. The summed E-state index contributed by atoms with van der Waals surface area (Å²) < 4.78 is 5.20. The standard InChI is InChI=1S/C20H22O/c1-5-16-6-8-17(9-7-16)14-15-20(2,3)18-10-12-19(21-4)13-11-18/h6-13H,5H2,1-4H3. The van der Waals surface area contributed by atoms with Gasteiger partial charge in [0.25, 0.3) is 0 Å². The molecule has 2 aromatic carbocycles. The number of ether oxygens (including phenoxy) is 1. The third-order valence-electron chi connectivity index (χ3n) is 3.69. The van der Waals surface area contributed by atoms with Crippen LogP contribution in [0.2, 0.25) is 0 Å². The average Bonchev–Trinajstić information content (AvgIpc) is 2.53. The van der Waals surface area contributed by atoms with Crippen LogP contribution in [-0.4, -0.2) is 7.11 Å². The maximum atomic E-state index is 5.20. The van der Waals surface area contributed by atoms with Gasteiger partial charge in [-0.25, -0.2) is 0 Å². The van der Waals surface area contributed by atoms with Crippen molar-refractivity contribution in [3.63, 3.8) is 0 Å². The Bertz CT molecular complexity index is 637. The lowest BCUT2D eigenvalue weighted by molar-refractivity contribution is 0.414. The lowest BCUT2D eigenvalue weighted by Crippen LogP contribution is -2.14. The van der Waals surface area contributed by atoms with Crippen molar-refractivity contribution in [2.75, 3.05) is 7.11 Å². The van der Waals surface area contributed by atoms with Gasteiger partial charge in [-0.15, -0.1) is 0 Å². The van der Waals surface area contributed by atoms with E-state index >= 15 is 0 Å². The fourth-order valence-corrected chi connectivity index (χ4v) is 2.13. The molecule has 0 aliphatic carbocycles. The molecule has 0 aliphatic heterocycles. The van der Waals surface area contributed by atoms with Crippen molar-refractivity contribution >= 4 is 0 Å². The molecule has 2 aromatic rings. The van der Waals surface area contributed by atoms with Crippen molar-refractivity contribution in [3.8, 4) is 17.6 Å². The van der Waals surface area contributed by atoms with E-state index in [1.165, 1.54) is 11.1 Å². The number of rotatable bonds is 3. The first-order valence-electron chi connectivity index (χ1n) is 7.32. The van der Waals surface area contributed by atoms with Crippen LogP contribution in [0.1, 0.15) is 37.5 Å². The van der Waals surface area contributed by atoms with Crippen LogP contribution in [0, 0.1) is 11.8 Å². The van der Waals surface area contributed by atoms with Crippen LogP contribution in [0.15, 0.2) is 48.5 Å². The predicted octanol–water partition coefficient (Wildman–Crippen LogP) is 4.59. The Morgan fingerprint density at radius 2 is 1.57 bits per heavy atom. The number of aryl methyl sites for hydroxylation is 1. The van der Waals surface area contributed by atoms with Crippen LogP contribution in [0.4, 0.5) is 0 Å². The van der Waals surface area contributed by atoms with Crippen molar-refractivity contribution in [2.24, 2.45) is 0 Å². The Kier molecular flexibility index (Phi) is 4.70. The third kappa shape index (κ3) is 3.89. The van der Waals surface area contributed by atoms with Crippen molar-refractivity contribution in [2.45, 2.75) is 32.6 Å². The SMILES string of the molecule is CCc1ccc(C#CC(C)(C)c2ccc(OC)cc2)cc1. The predicted molar refractivity (Wildman–Crippen MR) is 88.7 cm³/mol. The maximum absolute atomic E-state index is 5.20. The fraction of sp³-hybridized carbons (Fsp3) is 0.300. The lowest BCUT2D eigenvalue weighted by Gasteiger charge is -2.18. The molecule has 108 valence electrons. The summed E-state index contributed by atoms with van der Waals surface area (Å²) in [5.41, 5.74) is 3.42. The highest BCUT2D eigenvalue weighted by Crippen LogP contribution is 2.24. The van der Waals surface area contributed by atoms with Gasteiger partial charge in [-0.1, -0.05) is 43.0 Å². The van der Waals surface area contributed by atoms with Crippen LogP contribution in [-0.2, 0) is 11.8 Å². The number of methoxy groups -OCH3 is 1. The van der Waals surface area contributed by atoms with Crippen molar-refractivity contribution in [3.05, 3.63) is 65.2 Å². The molecular weight excluding hydrogens is 256 g/mol. The van der Waals surface area contributed by atoms with Gasteiger partial charge in [-0.2, -0.15) is 0 Å². The van der Waals surface area contributed by atoms with Crippen LogP contribution in [0.25, 0.3) is 0 Å². The first-order chi connectivity index (χ1) is 10.0. The van der Waals surface area contributed by atoms with E-state index in [1.807, 2.05) is 12.1 Å². The maximum Gasteiger partial charge on any atom is 0.118 e. The van der Waals surface area contributed by atoms with Crippen molar-refractivity contribution < 1.29 is 4.74 Å². The van der Waals surface area contributed by atoms with Crippen LogP contribution in [0.5, 0.6) is 5.75 Å². The van der Waals surface area contributed by atoms with Crippen molar-refractivity contribution in [1.82, 2.24) is 0 Å². The molecule has 0 unspecified atom stereocenters. The molecule has 0 amide bonds. The molecule has 0 N–H and O–H groups in total. The summed E-state index contributed by atoms with van der Waals surface area (Å²) in [5, 5.41) is 0. The minimum atomic E-state index is -0.185. The Morgan fingerprint density at radius 3 is 2.10 bits per heavy atom. The minimum absolute atomic E-state index is 0.185. The highest BCUT2D eigenvalue weighted by molar-refractivity contribution is 5.42. The van der Waals surface area contributed by atoms with Crippen LogP contribution in [0.3, 0.4) is 0 Å². The van der Waals surface area contributed by atoms with E-state index in [4.69, 9.17) is 4.74 Å². The molecule has 0 saturated heterocycles. The van der Waals surface area contributed by atoms with Gasteiger partial charge < -0.3 is 4.74 Å². The Labute approximate surface area is 128 Å². The summed E-state index contributed by atoms with van der Waals surface area (Å²) in [7, 11) is 1.68. The van der Waals surface area contributed by atoms with Gasteiger partial charge in [0, 0.05) is 5.56 Å². The normalized spacial score (nSPS) is 10.7. The largest absolute Gasteiger partial charge is 0.497 e. The molecule has 0 saturated carbocycles. The molecule has 1 nitrogen and oxygen atoms in total. The molecule has 0 heterocycles. The second-order valence-electron chi connectivity index (χ2n) is 5.65. The molecule has 1 heteroatoms. The van der Waals surface area contributed by atoms with Gasteiger partial charge in [0.15, 0.2) is 0 Å². The molecule has 21 heavy (non-hydrogen) atoms. The Balaban J connectivity index is 2.21. The van der Waals surface area contributed by atoms with Gasteiger partial charge in [0.2, 0.25) is 0 Å². The van der Waals surface area contributed by atoms with Gasteiger partial charge in [-0.3, -0.25) is 0 Å². The third-order valence-corrected chi connectivity index (χ3v) is 3.69. The van der Waals surface area contributed by atoms with Gasteiger partial charge >= 0.3 is 0 Å². The van der Waals surface area contributed by atoms with E-state index < -0.39 is 0 Å². The summed E-state index contributed by atoms with van der Waals surface area (Å²) in [6, 6.07) is 16.6. The summed E-state index contributed by atoms with van der Waals surface area (Å²) in [4.78, 5) is 0. The first kappa shape index (κ1) is 15.2. The van der Waals surface area contributed by atoms with E-state index in [0.717, 1.165) is 17.7 Å². The summed E-state index contributed by atoms with van der Waals surface area (Å²) in [5.74, 6) is 7.53.